The van der Waals surface area contributed by atoms with E-state index in [0.717, 1.165) is 4.31 Å². The van der Waals surface area contributed by atoms with Crippen LogP contribution in [0.25, 0.3) is 0 Å². The zero-order chi connectivity index (χ0) is 18.1. The van der Waals surface area contributed by atoms with E-state index in [-0.39, 0.29) is 11.4 Å². The van der Waals surface area contributed by atoms with Gasteiger partial charge in [0.15, 0.2) is 0 Å². The number of amides is 1. The molecule has 0 aliphatic carbocycles. The lowest BCUT2D eigenvalue weighted by atomic mass is 10.3. The number of carbonyl (C=O) groups excluding carboxylic acids is 1. The van der Waals surface area contributed by atoms with Crippen molar-refractivity contribution in [3.8, 4) is 0 Å². The number of likely N-dealkylation sites (N-methyl/N-ethyl adjacent to an activating group) is 1. The van der Waals surface area contributed by atoms with E-state index in [2.05, 4.69) is 15.5 Å². The van der Waals surface area contributed by atoms with Crippen LogP contribution < -0.4 is 5.32 Å². The summed E-state index contributed by atoms with van der Waals surface area (Å²) >= 11 is 11.7. The van der Waals surface area contributed by atoms with E-state index < -0.39 is 15.9 Å². The molecule has 24 heavy (non-hydrogen) atoms. The topological polar surface area (TPSA) is 95.2 Å². The fourth-order valence-corrected chi connectivity index (χ4v) is 3.89. The van der Waals surface area contributed by atoms with E-state index in [1.54, 1.807) is 19.9 Å². The van der Waals surface area contributed by atoms with Crippen LogP contribution in [0, 0.1) is 13.8 Å². The van der Waals surface area contributed by atoms with E-state index in [9.17, 15) is 13.2 Å². The second kappa shape index (κ2) is 7.10. The molecule has 1 aromatic carbocycles. The first kappa shape index (κ1) is 18.7. The number of nitrogens with one attached hydrogen (secondary N) is 2. The van der Waals surface area contributed by atoms with Crippen molar-refractivity contribution in [2.24, 2.45) is 0 Å². The third-order valence-corrected chi connectivity index (χ3v) is 6.10. The summed E-state index contributed by atoms with van der Waals surface area (Å²) in [5.41, 5.74) is 1.20. The molecule has 0 atom stereocenters. The van der Waals surface area contributed by atoms with E-state index in [1.807, 2.05) is 0 Å². The Kier molecular flexibility index (Phi) is 5.54. The van der Waals surface area contributed by atoms with Crippen molar-refractivity contribution in [3.05, 3.63) is 39.6 Å². The zero-order valence-corrected chi connectivity index (χ0v) is 15.6. The molecule has 10 heteroatoms. The van der Waals surface area contributed by atoms with Gasteiger partial charge in [-0.3, -0.25) is 9.89 Å². The van der Waals surface area contributed by atoms with Gasteiger partial charge in [0.1, 0.15) is 4.90 Å². The number of benzene rings is 1. The molecule has 130 valence electrons. The van der Waals surface area contributed by atoms with E-state index in [0.29, 0.717) is 27.1 Å². The zero-order valence-electron chi connectivity index (χ0n) is 13.2. The summed E-state index contributed by atoms with van der Waals surface area (Å²) in [5.74, 6) is -0.502. The van der Waals surface area contributed by atoms with Crippen LogP contribution in [0.2, 0.25) is 10.0 Å². The molecular formula is C14H16Cl2N4O3S. The molecule has 1 amide bonds. The highest BCUT2D eigenvalue weighted by Crippen LogP contribution is 2.25. The Balaban J connectivity index is 2.12. The average molecular weight is 391 g/mol. The highest BCUT2D eigenvalue weighted by atomic mass is 35.5. The predicted molar refractivity (Wildman–Crippen MR) is 93.0 cm³/mol. The Labute approximate surface area is 150 Å². The van der Waals surface area contributed by atoms with Gasteiger partial charge in [-0.25, -0.2) is 8.42 Å². The highest BCUT2D eigenvalue weighted by Gasteiger charge is 2.28. The lowest BCUT2D eigenvalue weighted by Crippen LogP contribution is -2.35. The molecule has 0 aliphatic heterocycles. The molecule has 0 saturated carbocycles. The van der Waals surface area contributed by atoms with Crippen molar-refractivity contribution in [1.82, 2.24) is 14.5 Å². The molecule has 0 saturated heterocycles. The summed E-state index contributed by atoms with van der Waals surface area (Å²) < 4.78 is 26.1. The summed E-state index contributed by atoms with van der Waals surface area (Å²) in [6.07, 6.45) is 0. The summed E-state index contributed by atoms with van der Waals surface area (Å²) in [7, 11) is -2.50. The van der Waals surface area contributed by atoms with Gasteiger partial charge in [0, 0.05) is 12.7 Å². The minimum Gasteiger partial charge on any atom is -0.325 e. The normalized spacial score (nSPS) is 11.8. The van der Waals surface area contributed by atoms with Crippen molar-refractivity contribution in [2.45, 2.75) is 18.7 Å². The lowest BCUT2D eigenvalue weighted by Gasteiger charge is -2.17. The standard InChI is InChI=1S/C14H16Cl2N4O3S/c1-8-14(9(2)19-18-8)24(22,23)20(3)7-13(21)17-10-4-5-11(15)12(16)6-10/h4-6H,7H2,1-3H3,(H,17,21)(H,18,19). The molecule has 0 fully saturated rings. The minimum absolute atomic E-state index is 0.0762. The molecule has 2 N–H and O–H groups in total. The quantitative estimate of drug-likeness (QED) is 0.819. The molecule has 2 aromatic rings. The van der Waals surface area contributed by atoms with Gasteiger partial charge < -0.3 is 5.32 Å². The number of carbonyl (C=O) groups is 1. The number of aryl methyl sites for hydroxylation is 2. The van der Waals surface area contributed by atoms with Gasteiger partial charge in [0.05, 0.1) is 28.0 Å². The molecule has 0 unspecified atom stereocenters. The van der Waals surface area contributed by atoms with Gasteiger partial charge in [-0.1, -0.05) is 23.2 Å². The maximum absolute atomic E-state index is 12.6. The number of anilines is 1. The Morgan fingerprint density at radius 3 is 2.50 bits per heavy atom. The van der Waals surface area contributed by atoms with Crippen molar-refractivity contribution >= 4 is 44.8 Å². The SMILES string of the molecule is Cc1n[nH]c(C)c1S(=O)(=O)N(C)CC(=O)Nc1ccc(Cl)c(Cl)c1. The second-order valence-electron chi connectivity index (χ2n) is 5.20. The molecule has 0 aliphatic rings. The van der Waals surface area contributed by atoms with Crippen LogP contribution in [0.1, 0.15) is 11.4 Å². The molecule has 1 heterocycles. The number of sulfonamides is 1. The second-order valence-corrected chi connectivity index (χ2v) is 8.00. The first-order chi connectivity index (χ1) is 11.1. The number of aromatic nitrogens is 2. The lowest BCUT2D eigenvalue weighted by molar-refractivity contribution is -0.116. The predicted octanol–water partition coefficient (Wildman–Crippen LogP) is 2.59. The number of aromatic amines is 1. The van der Waals surface area contributed by atoms with Crippen LogP contribution >= 0.6 is 23.2 Å². The van der Waals surface area contributed by atoms with Crippen molar-refractivity contribution in [1.29, 1.82) is 0 Å². The molecule has 0 radical (unpaired) electrons. The van der Waals surface area contributed by atoms with Crippen LogP contribution in [0.4, 0.5) is 5.69 Å². The third kappa shape index (κ3) is 3.89. The number of halogens is 2. The monoisotopic (exact) mass is 390 g/mol. The van der Waals surface area contributed by atoms with E-state index in [4.69, 9.17) is 23.2 Å². The van der Waals surface area contributed by atoms with Crippen LogP contribution in [0.5, 0.6) is 0 Å². The third-order valence-electron chi connectivity index (χ3n) is 3.30. The molecule has 0 spiro atoms. The van der Waals surface area contributed by atoms with E-state index in [1.165, 1.54) is 19.2 Å². The Morgan fingerprint density at radius 2 is 1.96 bits per heavy atom. The number of H-pyrrole nitrogens is 1. The number of hydrogen-bond acceptors (Lipinski definition) is 4. The first-order valence-corrected chi connectivity index (χ1v) is 9.05. The van der Waals surface area contributed by atoms with Crippen LogP contribution in [-0.4, -0.2) is 42.4 Å². The molecule has 7 nitrogen and oxygen atoms in total. The van der Waals surface area contributed by atoms with Crippen molar-refractivity contribution in [3.63, 3.8) is 0 Å². The number of nitrogens with zero attached hydrogens (tertiary/aromatic N) is 2. The summed E-state index contributed by atoms with van der Waals surface area (Å²) in [5, 5.41) is 9.72. The van der Waals surface area contributed by atoms with Gasteiger partial charge >= 0.3 is 0 Å². The van der Waals surface area contributed by atoms with Crippen LogP contribution in [0.3, 0.4) is 0 Å². The largest absolute Gasteiger partial charge is 0.325 e. The first-order valence-electron chi connectivity index (χ1n) is 6.85. The van der Waals surface area contributed by atoms with Crippen LogP contribution in [-0.2, 0) is 14.8 Å². The average Bonchev–Trinajstić information content (AvgIpc) is 2.82. The summed E-state index contributed by atoms with van der Waals surface area (Å²) in [4.78, 5) is 12.2. The van der Waals surface area contributed by atoms with Gasteiger partial charge in [-0.2, -0.15) is 9.40 Å². The molecular weight excluding hydrogens is 375 g/mol. The summed E-state index contributed by atoms with van der Waals surface area (Å²) in [6, 6.07) is 4.60. The molecule has 0 bridgehead atoms. The maximum atomic E-state index is 12.6. The van der Waals surface area contributed by atoms with Gasteiger partial charge in [-0.05, 0) is 32.0 Å². The van der Waals surface area contributed by atoms with Crippen molar-refractivity contribution in [2.75, 3.05) is 18.9 Å². The number of hydrogen-bond donors (Lipinski definition) is 2. The highest BCUT2D eigenvalue weighted by molar-refractivity contribution is 7.89. The Morgan fingerprint density at radius 1 is 1.29 bits per heavy atom. The van der Waals surface area contributed by atoms with Gasteiger partial charge in [0.25, 0.3) is 0 Å². The maximum Gasteiger partial charge on any atom is 0.246 e. The fourth-order valence-electron chi connectivity index (χ4n) is 2.14. The van der Waals surface area contributed by atoms with Gasteiger partial charge in [-0.15, -0.1) is 0 Å². The Bertz CT molecular complexity index is 861. The van der Waals surface area contributed by atoms with Gasteiger partial charge in [0.2, 0.25) is 15.9 Å². The minimum atomic E-state index is -3.83. The molecule has 1 aromatic heterocycles. The number of rotatable bonds is 5. The molecule has 2 rings (SSSR count). The van der Waals surface area contributed by atoms with Crippen LogP contribution in [0.15, 0.2) is 23.1 Å². The Hall–Kier alpha value is -1.61. The smallest absolute Gasteiger partial charge is 0.246 e. The fraction of sp³-hybridized carbons (Fsp3) is 0.286. The van der Waals surface area contributed by atoms with Crippen molar-refractivity contribution < 1.29 is 13.2 Å². The summed E-state index contributed by atoms with van der Waals surface area (Å²) in [6.45, 7) is 2.84. The van der Waals surface area contributed by atoms with E-state index >= 15 is 0 Å².